The van der Waals surface area contributed by atoms with E-state index in [1.165, 1.54) is 12.1 Å². The Morgan fingerprint density at radius 3 is 2.78 bits per heavy atom. The molecule has 5 nitrogen and oxygen atoms in total. The van der Waals surface area contributed by atoms with Crippen LogP contribution in [0.15, 0.2) is 61.1 Å². The third kappa shape index (κ3) is 3.32. The van der Waals surface area contributed by atoms with E-state index in [2.05, 4.69) is 15.3 Å². The van der Waals surface area contributed by atoms with Gasteiger partial charge in [0.05, 0.1) is 11.3 Å². The summed E-state index contributed by atoms with van der Waals surface area (Å²) in [5, 5.41) is 2.64. The van der Waals surface area contributed by atoms with Crippen LogP contribution in [0.25, 0.3) is 11.3 Å². The van der Waals surface area contributed by atoms with E-state index in [1.54, 1.807) is 36.8 Å². The minimum absolute atomic E-state index is 0.107. The van der Waals surface area contributed by atoms with Crippen LogP contribution in [0, 0.1) is 5.82 Å². The van der Waals surface area contributed by atoms with Gasteiger partial charge in [0.25, 0.3) is 5.91 Å². The summed E-state index contributed by atoms with van der Waals surface area (Å²) in [6.07, 6.45) is 4.90. The van der Waals surface area contributed by atoms with Crippen molar-refractivity contribution in [3.05, 3.63) is 72.4 Å². The van der Waals surface area contributed by atoms with Gasteiger partial charge in [-0.3, -0.25) is 14.8 Å². The zero-order valence-electron chi connectivity index (χ0n) is 12.0. The van der Waals surface area contributed by atoms with Crippen LogP contribution in [0.4, 0.5) is 15.8 Å². The summed E-state index contributed by atoms with van der Waals surface area (Å²) in [7, 11) is 0. The molecule has 0 radical (unpaired) electrons. The van der Waals surface area contributed by atoms with Crippen LogP contribution in [0.1, 0.15) is 10.4 Å². The largest absolute Gasteiger partial charge is 0.399 e. The predicted octanol–water partition coefficient (Wildman–Crippen LogP) is 3.12. The van der Waals surface area contributed by atoms with Crippen molar-refractivity contribution in [2.75, 3.05) is 11.1 Å². The molecule has 3 N–H and O–H groups in total. The Morgan fingerprint density at radius 1 is 1.13 bits per heavy atom. The first-order valence-corrected chi connectivity index (χ1v) is 6.86. The Balaban J connectivity index is 1.86. The lowest BCUT2D eigenvalue weighted by atomic mass is 10.1. The highest BCUT2D eigenvalue weighted by molar-refractivity contribution is 6.05. The van der Waals surface area contributed by atoms with Crippen molar-refractivity contribution in [3.63, 3.8) is 0 Å². The minimum Gasteiger partial charge on any atom is -0.399 e. The lowest BCUT2D eigenvalue weighted by Crippen LogP contribution is -2.14. The van der Waals surface area contributed by atoms with Gasteiger partial charge in [-0.1, -0.05) is 0 Å². The fourth-order valence-electron chi connectivity index (χ4n) is 2.10. The van der Waals surface area contributed by atoms with Gasteiger partial charge in [0.15, 0.2) is 0 Å². The van der Waals surface area contributed by atoms with Crippen LogP contribution in [-0.2, 0) is 0 Å². The van der Waals surface area contributed by atoms with Gasteiger partial charge in [0.2, 0.25) is 0 Å². The van der Waals surface area contributed by atoms with Crippen LogP contribution >= 0.6 is 0 Å². The van der Waals surface area contributed by atoms with Gasteiger partial charge in [0.1, 0.15) is 5.82 Å². The van der Waals surface area contributed by atoms with Crippen LogP contribution < -0.4 is 11.1 Å². The summed E-state index contributed by atoms with van der Waals surface area (Å²) in [5.74, 6) is -1.20. The number of halogens is 1. The number of rotatable bonds is 3. The second kappa shape index (κ2) is 6.23. The van der Waals surface area contributed by atoms with E-state index in [0.29, 0.717) is 17.1 Å². The second-order valence-corrected chi connectivity index (χ2v) is 4.86. The molecular formula is C17H13FN4O. The number of aromatic nitrogens is 2. The normalized spacial score (nSPS) is 10.3. The maximum absolute atomic E-state index is 13.7. The molecule has 2 aromatic heterocycles. The molecule has 6 heteroatoms. The van der Waals surface area contributed by atoms with Crippen molar-refractivity contribution < 1.29 is 9.18 Å². The molecule has 0 aliphatic carbocycles. The molecule has 0 saturated heterocycles. The van der Waals surface area contributed by atoms with Gasteiger partial charge < -0.3 is 11.1 Å². The quantitative estimate of drug-likeness (QED) is 0.728. The smallest absolute Gasteiger partial charge is 0.258 e. The number of nitrogens with one attached hydrogen (secondary N) is 1. The first kappa shape index (κ1) is 14.6. The predicted molar refractivity (Wildman–Crippen MR) is 86.2 cm³/mol. The average molecular weight is 308 g/mol. The molecule has 0 aliphatic rings. The summed E-state index contributed by atoms with van der Waals surface area (Å²) < 4.78 is 13.7. The molecular weight excluding hydrogens is 295 g/mol. The molecule has 0 saturated carbocycles. The highest BCUT2D eigenvalue weighted by atomic mass is 19.1. The highest BCUT2D eigenvalue weighted by Crippen LogP contribution is 2.20. The first-order chi connectivity index (χ1) is 11.1. The van der Waals surface area contributed by atoms with Crippen LogP contribution in [0.5, 0.6) is 0 Å². The monoisotopic (exact) mass is 308 g/mol. The summed E-state index contributed by atoms with van der Waals surface area (Å²) in [4.78, 5) is 20.5. The lowest BCUT2D eigenvalue weighted by Gasteiger charge is -2.08. The van der Waals surface area contributed by atoms with Gasteiger partial charge in [-0.15, -0.1) is 0 Å². The Labute approximate surface area is 132 Å². The van der Waals surface area contributed by atoms with Crippen molar-refractivity contribution in [1.29, 1.82) is 0 Å². The van der Waals surface area contributed by atoms with Crippen LogP contribution in [0.2, 0.25) is 0 Å². The fraction of sp³-hybridized carbons (Fsp3) is 0. The lowest BCUT2D eigenvalue weighted by molar-refractivity contribution is 0.102. The van der Waals surface area contributed by atoms with Gasteiger partial charge >= 0.3 is 0 Å². The van der Waals surface area contributed by atoms with Crippen LogP contribution in [-0.4, -0.2) is 15.9 Å². The van der Waals surface area contributed by atoms with E-state index >= 15 is 0 Å². The topological polar surface area (TPSA) is 80.9 Å². The summed E-state index contributed by atoms with van der Waals surface area (Å²) in [6.45, 7) is 0. The molecule has 0 spiro atoms. The van der Waals surface area contributed by atoms with Crippen LogP contribution in [0.3, 0.4) is 0 Å². The summed E-state index contributed by atoms with van der Waals surface area (Å²) in [5.41, 5.74) is 7.79. The van der Waals surface area contributed by atoms with E-state index < -0.39 is 11.7 Å². The van der Waals surface area contributed by atoms with Crippen molar-refractivity contribution in [2.24, 2.45) is 0 Å². The number of benzene rings is 1. The first-order valence-electron chi connectivity index (χ1n) is 6.86. The van der Waals surface area contributed by atoms with E-state index in [4.69, 9.17) is 5.73 Å². The molecule has 0 unspecified atom stereocenters. The molecule has 0 bridgehead atoms. The Morgan fingerprint density at radius 2 is 2.00 bits per heavy atom. The zero-order valence-corrected chi connectivity index (χ0v) is 12.0. The molecule has 23 heavy (non-hydrogen) atoms. The second-order valence-electron chi connectivity index (χ2n) is 4.86. The van der Waals surface area contributed by atoms with Gasteiger partial charge in [0, 0.05) is 35.5 Å². The van der Waals surface area contributed by atoms with Crippen molar-refractivity contribution >= 4 is 17.3 Å². The highest BCUT2D eigenvalue weighted by Gasteiger charge is 2.13. The summed E-state index contributed by atoms with van der Waals surface area (Å²) >= 11 is 0. The zero-order chi connectivity index (χ0) is 16.2. The number of nitrogen functional groups attached to an aromatic ring is 1. The molecule has 2 heterocycles. The minimum atomic E-state index is -0.627. The van der Waals surface area contributed by atoms with Crippen molar-refractivity contribution in [3.8, 4) is 11.3 Å². The van der Waals surface area contributed by atoms with Gasteiger partial charge in [-0.25, -0.2) is 4.39 Å². The standard InChI is InChI=1S/C17H13FN4O/c18-15-4-3-12(19)8-14(15)17(23)22-13-5-7-21-16(9-13)11-2-1-6-20-10-11/h1-10H,19H2,(H,21,22,23). The Hall–Kier alpha value is -3.28. The van der Waals surface area contributed by atoms with Crippen molar-refractivity contribution in [2.45, 2.75) is 0 Å². The number of nitrogens with two attached hydrogens (primary N) is 1. The number of anilines is 2. The molecule has 1 amide bonds. The maximum Gasteiger partial charge on any atom is 0.258 e. The average Bonchev–Trinajstić information content (AvgIpc) is 2.58. The fourth-order valence-corrected chi connectivity index (χ4v) is 2.10. The molecule has 0 aliphatic heterocycles. The van der Waals surface area contributed by atoms with Gasteiger partial charge in [-0.2, -0.15) is 0 Å². The van der Waals surface area contributed by atoms with E-state index in [1.807, 2.05) is 6.07 Å². The molecule has 3 aromatic rings. The number of carbonyl (C=O) groups is 1. The van der Waals surface area contributed by atoms with E-state index in [0.717, 1.165) is 11.6 Å². The number of nitrogens with zero attached hydrogens (tertiary/aromatic N) is 2. The molecule has 3 rings (SSSR count). The van der Waals surface area contributed by atoms with E-state index in [9.17, 15) is 9.18 Å². The number of hydrogen-bond donors (Lipinski definition) is 2. The SMILES string of the molecule is Nc1ccc(F)c(C(=O)Nc2ccnc(-c3cccnc3)c2)c1. The number of amides is 1. The number of hydrogen-bond acceptors (Lipinski definition) is 4. The van der Waals surface area contributed by atoms with Gasteiger partial charge in [-0.05, 0) is 42.5 Å². The molecule has 0 atom stereocenters. The third-order valence-corrected chi connectivity index (χ3v) is 3.21. The number of carbonyl (C=O) groups excluding carboxylic acids is 1. The Kier molecular flexibility index (Phi) is 3.97. The van der Waals surface area contributed by atoms with E-state index in [-0.39, 0.29) is 5.56 Å². The third-order valence-electron chi connectivity index (χ3n) is 3.21. The molecule has 1 aromatic carbocycles. The molecule has 0 fully saturated rings. The summed E-state index contributed by atoms with van der Waals surface area (Å²) in [6, 6.07) is 10.8. The van der Waals surface area contributed by atoms with Crippen molar-refractivity contribution in [1.82, 2.24) is 9.97 Å². The maximum atomic E-state index is 13.7. The Bertz CT molecular complexity index is 852. The molecule has 114 valence electrons. The number of pyridine rings is 2.